The molecule has 2 heterocycles. The summed E-state index contributed by atoms with van der Waals surface area (Å²) in [4.78, 5) is 4.57. The van der Waals surface area contributed by atoms with Gasteiger partial charge in [-0.25, -0.2) is 0 Å². The van der Waals surface area contributed by atoms with Gasteiger partial charge in [-0.05, 0) is 74.5 Å². The lowest BCUT2D eigenvalue weighted by Crippen LogP contribution is -2.13. The Morgan fingerprint density at radius 3 is 2.17 bits per heavy atom. The van der Waals surface area contributed by atoms with Gasteiger partial charge in [-0.2, -0.15) is 5.26 Å². The Labute approximate surface area is 234 Å². The second-order valence-electron chi connectivity index (χ2n) is 11.3. The first-order chi connectivity index (χ1) is 19.4. The standard InChI is InChI=1S/C36H25BN2O/c1-36(2,3)22-15-17-24-29(19-22)23-9-4-5-10-25(23)33(37)32(24)31-21(20-38)14-16-27-26-11-8-12-28(34(26)40-35(27)31)30-13-6-7-18-39-30/h4-19H,1-3H3. The van der Waals surface area contributed by atoms with Crippen molar-refractivity contribution in [1.82, 2.24) is 4.98 Å². The topological polar surface area (TPSA) is 49.8 Å². The fourth-order valence-electron chi connectivity index (χ4n) is 5.88. The quantitative estimate of drug-likeness (QED) is 0.172. The Kier molecular flexibility index (Phi) is 5.34. The largest absolute Gasteiger partial charge is 0.455 e. The molecule has 0 bridgehead atoms. The monoisotopic (exact) mass is 512 g/mol. The molecular formula is C36H25BN2O. The summed E-state index contributed by atoms with van der Waals surface area (Å²) in [7, 11) is 7.01. The van der Waals surface area contributed by atoms with Crippen molar-refractivity contribution >= 4 is 56.8 Å². The molecule has 0 spiro atoms. The summed E-state index contributed by atoms with van der Waals surface area (Å²) in [6.45, 7) is 6.66. The molecule has 0 aliphatic rings. The number of pyridine rings is 1. The van der Waals surface area contributed by atoms with Crippen LogP contribution in [0, 0.1) is 11.3 Å². The van der Waals surface area contributed by atoms with Crippen molar-refractivity contribution < 1.29 is 4.42 Å². The van der Waals surface area contributed by atoms with Crippen molar-refractivity contribution in [3.05, 3.63) is 108 Å². The van der Waals surface area contributed by atoms with Crippen molar-refractivity contribution in [2.75, 3.05) is 0 Å². The number of benzene rings is 5. The van der Waals surface area contributed by atoms with Gasteiger partial charge >= 0.3 is 0 Å². The van der Waals surface area contributed by atoms with Gasteiger partial charge in [-0.15, -0.1) is 0 Å². The van der Waals surface area contributed by atoms with Crippen LogP contribution < -0.4 is 5.46 Å². The zero-order valence-corrected chi connectivity index (χ0v) is 22.6. The van der Waals surface area contributed by atoms with Gasteiger partial charge < -0.3 is 4.42 Å². The molecule has 0 aliphatic carbocycles. The van der Waals surface area contributed by atoms with Crippen LogP contribution in [0.3, 0.4) is 0 Å². The van der Waals surface area contributed by atoms with E-state index in [1.807, 2.05) is 54.6 Å². The van der Waals surface area contributed by atoms with Gasteiger partial charge in [-0.3, -0.25) is 4.98 Å². The van der Waals surface area contributed by atoms with Gasteiger partial charge in [0.05, 0.1) is 17.3 Å². The van der Waals surface area contributed by atoms with Crippen LogP contribution in [0.1, 0.15) is 31.9 Å². The SMILES string of the molecule is [B]c1c(-c2c(C#N)ccc3c2oc2c(-c4ccccn4)cccc23)c2ccc(C(C)(C)C)cc2c2ccccc12. The van der Waals surface area contributed by atoms with E-state index in [1.54, 1.807) is 6.20 Å². The van der Waals surface area contributed by atoms with E-state index in [1.165, 1.54) is 5.56 Å². The Hall–Kier alpha value is -4.88. The molecule has 188 valence electrons. The molecule has 4 heteroatoms. The highest BCUT2D eigenvalue weighted by atomic mass is 16.3. The third-order valence-electron chi connectivity index (χ3n) is 7.91. The van der Waals surface area contributed by atoms with Crippen LogP contribution in [0.15, 0.2) is 102 Å². The molecule has 0 amide bonds. The molecular weight excluding hydrogens is 487 g/mol. The molecule has 5 aromatic carbocycles. The summed E-state index contributed by atoms with van der Waals surface area (Å²) in [5.41, 5.74) is 7.07. The lowest BCUT2D eigenvalue weighted by molar-refractivity contribution is 0.591. The molecule has 0 saturated carbocycles. The highest BCUT2D eigenvalue weighted by Crippen LogP contribution is 2.44. The highest BCUT2D eigenvalue weighted by molar-refractivity contribution is 6.46. The van der Waals surface area contributed by atoms with Crippen molar-refractivity contribution in [2.24, 2.45) is 0 Å². The minimum absolute atomic E-state index is 0.0186. The van der Waals surface area contributed by atoms with Gasteiger partial charge in [0.2, 0.25) is 0 Å². The Bertz CT molecular complexity index is 2160. The third-order valence-corrected chi connectivity index (χ3v) is 7.91. The highest BCUT2D eigenvalue weighted by Gasteiger charge is 2.24. The summed E-state index contributed by atoms with van der Waals surface area (Å²) >= 11 is 0. The summed E-state index contributed by atoms with van der Waals surface area (Å²) in [6.07, 6.45) is 1.78. The van der Waals surface area contributed by atoms with E-state index >= 15 is 0 Å². The molecule has 2 radical (unpaired) electrons. The number of rotatable bonds is 2. The maximum absolute atomic E-state index is 10.3. The second kappa shape index (κ2) is 8.83. The fourth-order valence-corrected chi connectivity index (χ4v) is 5.88. The van der Waals surface area contributed by atoms with Gasteiger partial charge in [0.25, 0.3) is 0 Å². The van der Waals surface area contributed by atoms with Crippen molar-refractivity contribution in [3.8, 4) is 28.5 Å². The van der Waals surface area contributed by atoms with Gasteiger partial charge in [-0.1, -0.05) is 80.8 Å². The molecule has 0 unspecified atom stereocenters. The van der Waals surface area contributed by atoms with E-state index in [2.05, 4.69) is 68.2 Å². The van der Waals surface area contributed by atoms with E-state index in [0.29, 0.717) is 16.6 Å². The summed E-state index contributed by atoms with van der Waals surface area (Å²) in [5.74, 6) is 0. The van der Waals surface area contributed by atoms with Gasteiger partial charge in [0.15, 0.2) is 0 Å². The number of aromatic nitrogens is 1. The first-order valence-corrected chi connectivity index (χ1v) is 13.4. The Balaban J connectivity index is 1.65. The van der Waals surface area contributed by atoms with E-state index in [9.17, 15) is 5.26 Å². The predicted octanol–water partition coefficient (Wildman–Crippen LogP) is 8.58. The summed E-state index contributed by atoms with van der Waals surface area (Å²) < 4.78 is 6.71. The molecule has 7 rings (SSSR count). The number of fused-ring (bicyclic) bond motifs is 6. The number of furan rings is 1. The first-order valence-electron chi connectivity index (χ1n) is 13.4. The summed E-state index contributed by atoms with van der Waals surface area (Å²) in [5, 5.41) is 16.4. The van der Waals surface area contributed by atoms with E-state index in [-0.39, 0.29) is 5.41 Å². The molecule has 0 N–H and O–H groups in total. The van der Waals surface area contributed by atoms with Gasteiger partial charge in [0, 0.05) is 28.1 Å². The van der Waals surface area contributed by atoms with E-state index in [4.69, 9.17) is 12.3 Å². The van der Waals surface area contributed by atoms with E-state index < -0.39 is 0 Å². The Morgan fingerprint density at radius 1 is 0.700 bits per heavy atom. The number of hydrogen-bond donors (Lipinski definition) is 0. The number of nitrogens with zero attached hydrogens (tertiary/aromatic N) is 2. The Morgan fingerprint density at radius 2 is 1.43 bits per heavy atom. The molecule has 0 atom stereocenters. The van der Waals surface area contributed by atoms with Crippen molar-refractivity contribution in [1.29, 1.82) is 5.26 Å². The van der Waals surface area contributed by atoms with Crippen LogP contribution in [0.5, 0.6) is 0 Å². The zero-order chi connectivity index (χ0) is 27.6. The minimum Gasteiger partial charge on any atom is -0.455 e. The summed E-state index contributed by atoms with van der Waals surface area (Å²) in [6, 6.07) is 33.0. The molecule has 0 saturated heterocycles. The molecule has 2 aromatic heterocycles. The van der Waals surface area contributed by atoms with Crippen LogP contribution in [0.2, 0.25) is 0 Å². The van der Waals surface area contributed by atoms with Crippen LogP contribution in [0.25, 0.3) is 65.9 Å². The van der Waals surface area contributed by atoms with Crippen LogP contribution >= 0.6 is 0 Å². The maximum Gasteiger partial charge on any atom is 0.144 e. The lowest BCUT2D eigenvalue weighted by atomic mass is 9.77. The number of nitriles is 1. The maximum atomic E-state index is 10.3. The molecule has 0 aliphatic heterocycles. The predicted molar refractivity (Wildman–Crippen MR) is 166 cm³/mol. The first kappa shape index (κ1) is 24.2. The molecule has 0 fully saturated rings. The fraction of sp³-hybridized carbons (Fsp3) is 0.111. The average Bonchev–Trinajstić information content (AvgIpc) is 3.36. The van der Waals surface area contributed by atoms with Crippen molar-refractivity contribution in [2.45, 2.75) is 26.2 Å². The van der Waals surface area contributed by atoms with Gasteiger partial charge in [0.1, 0.15) is 19.0 Å². The number of para-hydroxylation sites is 1. The van der Waals surface area contributed by atoms with E-state index in [0.717, 1.165) is 60.3 Å². The zero-order valence-electron chi connectivity index (χ0n) is 22.6. The lowest BCUT2D eigenvalue weighted by Gasteiger charge is -2.22. The normalized spacial score (nSPS) is 11.9. The van der Waals surface area contributed by atoms with Crippen LogP contribution in [-0.4, -0.2) is 12.8 Å². The van der Waals surface area contributed by atoms with Crippen LogP contribution in [0.4, 0.5) is 0 Å². The van der Waals surface area contributed by atoms with Crippen LogP contribution in [-0.2, 0) is 5.41 Å². The average molecular weight is 512 g/mol. The molecule has 7 aromatic rings. The molecule has 3 nitrogen and oxygen atoms in total. The van der Waals surface area contributed by atoms with Crippen molar-refractivity contribution in [3.63, 3.8) is 0 Å². The third kappa shape index (κ3) is 3.55. The second-order valence-corrected chi connectivity index (χ2v) is 11.3. The number of hydrogen-bond acceptors (Lipinski definition) is 3. The molecule has 40 heavy (non-hydrogen) atoms. The smallest absolute Gasteiger partial charge is 0.144 e. The minimum atomic E-state index is -0.0186.